The second-order valence-electron chi connectivity index (χ2n) is 8.63. The second-order valence-corrected chi connectivity index (χ2v) is 8.63. The first-order valence-corrected chi connectivity index (χ1v) is 10.8. The maximum absolute atomic E-state index is 12.8. The summed E-state index contributed by atoms with van der Waals surface area (Å²) in [4.78, 5) is 24.3. The van der Waals surface area contributed by atoms with Crippen LogP contribution < -0.4 is 0 Å². The van der Waals surface area contributed by atoms with E-state index in [1.165, 1.54) is 29.9 Å². The monoisotopic (exact) mass is 388 g/mol. The summed E-state index contributed by atoms with van der Waals surface area (Å²) in [5.74, 6) is 1.73. The van der Waals surface area contributed by atoms with Gasteiger partial charge in [0.2, 0.25) is 0 Å². The lowest BCUT2D eigenvalue weighted by Crippen LogP contribution is -2.34. The molecule has 2 aliphatic rings. The third kappa shape index (κ3) is 3.71. The van der Waals surface area contributed by atoms with E-state index in [1.54, 1.807) is 0 Å². The number of imidazole rings is 1. The zero-order chi connectivity index (χ0) is 19.8. The summed E-state index contributed by atoms with van der Waals surface area (Å²) in [6.45, 7) is 3.08. The number of rotatable bonds is 4. The molecule has 150 valence electrons. The second kappa shape index (κ2) is 7.71. The summed E-state index contributed by atoms with van der Waals surface area (Å²) in [6, 6.07) is 8.61. The van der Waals surface area contributed by atoms with Gasteiger partial charge in [0.05, 0.1) is 11.9 Å². The molecule has 0 amide bonds. The van der Waals surface area contributed by atoms with Gasteiger partial charge in [0, 0.05) is 48.1 Å². The van der Waals surface area contributed by atoms with E-state index >= 15 is 0 Å². The molecule has 1 saturated heterocycles. The molecule has 5 rings (SSSR count). The number of aryl methyl sites for hydroxylation is 1. The fourth-order valence-corrected chi connectivity index (χ4v) is 4.74. The Hall–Kier alpha value is -2.53. The molecule has 1 aromatic carbocycles. The zero-order valence-corrected chi connectivity index (χ0v) is 17.1. The minimum absolute atomic E-state index is 0.188. The van der Waals surface area contributed by atoms with E-state index in [1.807, 2.05) is 12.4 Å². The van der Waals surface area contributed by atoms with Gasteiger partial charge in [0.15, 0.2) is 0 Å². The highest BCUT2D eigenvalue weighted by Crippen LogP contribution is 2.28. The largest absolute Gasteiger partial charge is 0.328 e. The molecule has 5 heteroatoms. The zero-order valence-electron chi connectivity index (χ0n) is 17.1. The molecule has 2 aromatic heterocycles. The maximum Gasteiger partial charge on any atom is 0.142 e. The summed E-state index contributed by atoms with van der Waals surface area (Å²) in [7, 11) is 2.13. The Morgan fingerprint density at radius 3 is 2.76 bits per heavy atom. The summed E-state index contributed by atoms with van der Waals surface area (Å²) in [5, 5.41) is 2.26. The van der Waals surface area contributed by atoms with Crippen LogP contribution in [0.4, 0.5) is 0 Å². The molecule has 0 radical (unpaired) electrons. The summed E-state index contributed by atoms with van der Waals surface area (Å²) in [6.07, 6.45) is 9.82. The molecule has 0 N–H and O–H groups in total. The number of likely N-dealkylation sites (tertiary alicyclic amines) is 1. The number of aromatic nitrogens is 3. The lowest BCUT2D eigenvalue weighted by molar-refractivity contribution is -0.123. The molecule has 0 unspecified atom stereocenters. The van der Waals surface area contributed by atoms with E-state index in [4.69, 9.17) is 0 Å². The van der Waals surface area contributed by atoms with Gasteiger partial charge < -0.3 is 9.47 Å². The van der Waals surface area contributed by atoms with Crippen molar-refractivity contribution >= 4 is 16.6 Å². The van der Waals surface area contributed by atoms with E-state index in [-0.39, 0.29) is 5.92 Å². The predicted molar refractivity (Wildman–Crippen MR) is 115 cm³/mol. The van der Waals surface area contributed by atoms with Gasteiger partial charge in [-0.05, 0) is 63.3 Å². The summed E-state index contributed by atoms with van der Waals surface area (Å²) < 4.78 is 2.36. The number of benzene rings is 1. The molecule has 0 bridgehead atoms. The Labute approximate surface area is 171 Å². The van der Waals surface area contributed by atoms with Gasteiger partial charge in [0.1, 0.15) is 11.6 Å². The fraction of sp³-hybridized carbons (Fsp3) is 0.458. The molecule has 0 atom stereocenters. The predicted octanol–water partition coefficient (Wildman–Crippen LogP) is 3.89. The normalized spacial score (nSPS) is 18.1. The van der Waals surface area contributed by atoms with Crippen LogP contribution in [0.25, 0.3) is 22.0 Å². The fourth-order valence-electron chi connectivity index (χ4n) is 4.74. The quantitative estimate of drug-likeness (QED) is 0.680. The Morgan fingerprint density at radius 2 is 1.90 bits per heavy atom. The van der Waals surface area contributed by atoms with E-state index in [2.05, 4.69) is 50.7 Å². The van der Waals surface area contributed by atoms with Gasteiger partial charge in [-0.1, -0.05) is 12.1 Å². The highest BCUT2D eigenvalue weighted by atomic mass is 16.1. The van der Waals surface area contributed by atoms with Crippen molar-refractivity contribution in [2.45, 2.75) is 45.1 Å². The third-order valence-electron chi connectivity index (χ3n) is 6.57. The number of Topliss-reactive ketones (excluding diaryl/α,β-unsaturated/α-hetero) is 1. The van der Waals surface area contributed by atoms with Crippen LogP contribution in [0.3, 0.4) is 0 Å². The van der Waals surface area contributed by atoms with Crippen LogP contribution in [0, 0.1) is 5.92 Å². The minimum atomic E-state index is 0.188. The molecule has 0 saturated carbocycles. The van der Waals surface area contributed by atoms with E-state index in [0.29, 0.717) is 12.2 Å². The summed E-state index contributed by atoms with van der Waals surface area (Å²) >= 11 is 0. The number of hydrogen-bond acceptors (Lipinski definition) is 4. The van der Waals surface area contributed by atoms with E-state index in [0.717, 1.165) is 55.4 Å². The van der Waals surface area contributed by atoms with Crippen molar-refractivity contribution in [3.8, 4) is 11.3 Å². The first-order valence-electron chi connectivity index (χ1n) is 10.8. The van der Waals surface area contributed by atoms with Crippen LogP contribution in [0.1, 0.15) is 37.2 Å². The maximum atomic E-state index is 12.8. The van der Waals surface area contributed by atoms with Gasteiger partial charge in [-0.15, -0.1) is 0 Å². The van der Waals surface area contributed by atoms with Crippen molar-refractivity contribution in [1.82, 2.24) is 19.4 Å². The lowest BCUT2D eigenvalue weighted by atomic mass is 9.90. The number of carbonyl (C=O) groups excluding carboxylic acids is 1. The standard InChI is InChI=1S/C24H28N4O/c1-27-10-7-17(8-11-27)23(29)14-21-13-20-12-18(5-6-19(20)15-25-21)22-16-26-24-4-2-3-9-28(22)24/h5-6,12-13,15-17H,2-4,7-11,14H2,1H3. The van der Waals surface area contributed by atoms with Crippen molar-refractivity contribution in [3.05, 3.63) is 48.2 Å². The minimum Gasteiger partial charge on any atom is -0.328 e. The number of piperidine rings is 1. The molecule has 2 aliphatic heterocycles. The van der Waals surface area contributed by atoms with Crippen molar-refractivity contribution < 1.29 is 4.79 Å². The topological polar surface area (TPSA) is 51.0 Å². The SMILES string of the molecule is CN1CCC(C(=O)Cc2cc3cc(-c4cnc5n4CCCC5)ccc3cn2)CC1. The number of pyridine rings is 1. The molecule has 0 aliphatic carbocycles. The average Bonchev–Trinajstić information content (AvgIpc) is 3.18. The number of fused-ring (bicyclic) bond motifs is 2. The Kier molecular flexibility index (Phi) is 4.92. The highest BCUT2D eigenvalue weighted by molar-refractivity contribution is 5.88. The highest BCUT2D eigenvalue weighted by Gasteiger charge is 2.23. The van der Waals surface area contributed by atoms with Crippen molar-refractivity contribution in [1.29, 1.82) is 0 Å². The van der Waals surface area contributed by atoms with E-state index in [9.17, 15) is 4.79 Å². The molecule has 5 nitrogen and oxygen atoms in total. The van der Waals surface area contributed by atoms with Gasteiger partial charge in [0.25, 0.3) is 0 Å². The van der Waals surface area contributed by atoms with E-state index < -0.39 is 0 Å². The van der Waals surface area contributed by atoms with Crippen LogP contribution in [0.2, 0.25) is 0 Å². The van der Waals surface area contributed by atoms with Crippen molar-refractivity contribution in [2.24, 2.45) is 5.92 Å². The number of hydrogen-bond donors (Lipinski definition) is 0. The van der Waals surface area contributed by atoms with Gasteiger partial charge in [-0.2, -0.15) is 0 Å². The Morgan fingerprint density at radius 1 is 1.03 bits per heavy atom. The first kappa shape index (κ1) is 18.5. The van der Waals surface area contributed by atoms with Crippen LogP contribution >= 0.6 is 0 Å². The molecule has 1 fully saturated rings. The molecule has 29 heavy (non-hydrogen) atoms. The lowest BCUT2D eigenvalue weighted by Gasteiger charge is -2.27. The number of ketones is 1. The van der Waals surface area contributed by atoms with Gasteiger partial charge >= 0.3 is 0 Å². The van der Waals surface area contributed by atoms with Crippen LogP contribution in [0.5, 0.6) is 0 Å². The van der Waals surface area contributed by atoms with Gasteiger partial charge in [-0.3, -0.25) is 9.78 Å². The number of nitrogens with zero attached hydrogens (tertiary/aromatic N) is 4. The van der Waals surface area contributed by atoms with Crippen LogP contribution in [-0.2, 0) is 24.2 Å². The molecule has 4 heterocycles. The Balaban J connectivity index is 1.40. The Bertz CT molecular complexity index is 1050. The van der Waals surface area contributed by atoms with Crippen LogP contribution in [0.15, 0.2) is 36.7 Å². The molecular formula is C24H28N4O. The first-order chi connectivity index (χ1) is 14.2. The van der Waals surface area contributed by atoms with Crippen LogP contribution in [-0.4, -0.2) is 45.4 Å². The summed E-state index contributed by atoms with van der Waals surface area (Å²) in [5.41, 5.74) is 3.27. The van der Waals surface area contributed by atoms with Gasteiger partial charge in [-0.25, -0.2) is 4.98 Å². The molecule has 3 aromatic rings. The molecular weight excluding hydrogens is 360 g/mol. The number of carbonyl (C=O) groups is 1. The average molecular weight is 389 g/mol. The third-order valence-corrected chi connectivity index (χ3v) is 6.57. The van der Waals surface area contributed by atoms with Crippen molar-refractivity contribution in [3.63, 3.8) is 0 Å². The van der Waals surface area contributed by atoms with Crippen molar-refractivity contribution in [2.75, 3.05) is 20.1 Å². The smallest absolute Gasteiger partial charge is 0.142 e. The molecule has 0 spiro atoms.